The summed E-state index contributed by atoms with van der Waals surface area (Å²) in [5, 5.41) is 3.29. The monoisotopic (exact) mass is 418 g/mol. The molecule has 1 fully saturated rings. The number of benzene rings is 1. The Morgan fingerprint density at radius 2 is 1.97 bits per heavy atom. The molecule has 2 aliphatic rings. The molecular formula is C24H26N4O3. The number of ether oxygens (including phenoxy) is 3. The van der Waals surface area contributed by atoms with Crippen molar-refractivity contribution < 1.29 is 14.2 Å². The second kappa shape index (κ2) is 8.81. The van der Waals surface area contributed by atoms with Gasteiger partial charge in [0.05, 0.1) is 30.7 Å². The lowest BCUT2D eigenvalue weighted by Crippen LogP contribution is -2.24. The highest BCUT2D eigenvalue weighted by atomic mass is 16.6. The van der Waals surface area contributed by atoms with Crippen molar-refractivity contribution in [2.24, 2.45) is 0 Å². The first-order valence-electron chi connectivity index (χ1n) is 10.6. The Balaban J connectivity index is 1.32. The fourth-order valence-electron chi connectivity index (χ4n) is 4.26. The van der Waals surface area contributed by atoms with E-state index < -0.39 is 0 Å². The quantitative estimate of drug-likeness (QED) is 0.639. The first-order chi connectivity index (χ1) is 15.3. The Morgan fingerprint density at radius 3 is 2.71 bits per heavy atom. The predicted octanol–water partition coefficient (Wildman–Crippen LogP) is 4.34. The molecule has 31 heavy (non-hydrogen) atoms. The zero-order chi connectivity index (χ0) is 21.0. The van der Waals surface area contributed by atoms with Crippen molar-refractivity contribution in [1.82, 2.24) is 14.9 Å². The molecule has 4 heterocycles. The summed E-state index contributed by atoms with van der Waals surface area (Å²) >= 11 is 0. The predicted molar refractivity (Wildman–Crippen MR) is 118 cm³/mol. The molecule has 1 N–H and O–H groups in total. The van der Waals surface area contributed by atoms with E-state index in [2.05, 4.69) is 33.4 Å². The van der Waals surface area contributed by atoms with Gasteiger partial charge in [0.1, 0.15) is 24.8 Å². The van der Waals surface area contributed by atoms with Crippen LogP contribution in [0.15, 0.2) is 54.9 Å². The van der Waals surface area contributed by atoms with Crippen LogP contribution in [0.3, 0.4) is 0 Å². The number of hydrogen-bond donors (Lipinski definition) is 1. The molecule has 0 unspecified atom stereocenters. The summed E-state index contributed by atoms with van der Waals surface area (Å²) in [6, 6.07) is 14.2. The topological polar surface area (TPSA) is 68.7 Å². The third-order valence-corrected chi connectivity index (χ3v) is 5.75. The number of anilines is 2. The van der Waals surface area contributed by atoms with Crippen LogP contribution in [0.5, 0.6) is 17.2 Å². The fraction of sp³-hybridized carbons (Fsp3) is 0.333. The van der Waals surface area contributed by atoms with E-state index in [1.807, 2.05) is 30.5 Å². The average Bonchev–Trinajstić information content (AvgIpc) is 3.28. The summed E-state index contributed by atoms with van der Waals surface area (Å²) in [6.07, 6.45) is 5.89. The van der Waals surface area contributed by atoms with Crippen LogP contribution in [-0.2, 0) is 6.54 Å². The van der Waals surface area contributed by atoms with E-state index in [9.17, 15) is 0 Å². The Labute approximate surface area is 182 Å². The van der Waals surface area contributed by atoms with Gasteiger partial charge >= 0.3 is 0 Å². The standard InChI is InChI=1S/C24H26N4O3/c1-29-21-14-23-22(30-11-12-31-23)13-17(21)16-28-10-4-5-20(28)19-8-7-18(15-26-19)27-24-6-2-3-9-25-24/h2-3,6-9,13-15,20H,4-5,10-12,16H2,1H3,(H,25,27)/t20-/m0/s1. The van der Waals surface area contributed by atoms with Gasteiger partial charge in [-0.25, -0.2) is 4.98 Å². The van der Waals surface area contributed by atoms with E-state index >= 15 is 0 Å². The Kier molecular flexibility index (Phi) is 5.58. The molecule has 1 atom stereocenters. The van der Waals surface area contributed by atoms with Gasteiger partial charge in [-0.15, -0.1) is 0 Å². The average molecular weight is 418 g/mol. The zero-order valence-corrected chi connectivity index (χ0v) is 17.6. The van der Waals surface area contributed by atoms with E-state index in [1.54, 1.807) is 13.3 Å². The summed E-state index contributed by atoms with van der Waals surface area (Å²) in [4.78, 5) is 11.5. The minimum atomic E-state index is 0.279. The van der Waals surface area contributed by atoms with Crippen LogP contribution < -0.4 is 19.5 Å². The molecule has 0 saturated carbocycles. The zero-order valence-electron chi connectivity index (χ0n) is 17.6. The third-order valence-electron chi connectivity index (χ3n) is 5.75. The summed E-state index contributed by atoms with van der Waals surface area (Å²) in [6.45, 7) is 2.95. The van der Waals surface area contributed by atoms with E-state index in [0.717, 1.165) is 65.9 Å². The molecule has 3 aromatic rings. The molecule has 7 nitrogen and oxygen atoms in total. The van der Waals surface area contributed by atoms with Gasteiger partial charge in [-0.2, -0.15) is 0 Å². The molecule has 0 spiro atoms. The lowest BCUT2D eigenvalue weighted by atomic mass is 10.1. The first-order valence-corrected chi connectivity index (χ1v) is 10.6. The summed E-state index contributed by atoms with van der Waals surface area (Å²) in [5.41, 5.74) is 3.12. The van der Waals surface area contributed by atoms with Gasteiger partial charge in [-0.1, -0.05) is 6.07 Å². The van der Waals surface area contributed by atoms with Crippen LogP contribution in [0.1, 0.15) is 30.1 Å². The van der Waals surface area contributed by atoms with Gasteiger partial charge < -0.3 is 19.5 Å². The molecule has 2 aromatic heterocycles. The highest BCUT2D eigenvalue weighted by Crippen LogP contribution is 2.39. The van der Waals surface area contributed by atoms with Crippen molar-refractivity contribution in [3.8, 4) is 17.2 Å². The van der Waals surface area contributed by atoms with Crippen molar-refractivity contribution in [2.75, 3.05) is 32.2 Å². The van der Waals surface area contributed by atoms with Crippen molar-refractivity contribution in [2.45, 2.75) is 25.4 Å². The van der Waals surface area contributed by atoms with Crippen LogP contribution in [0.4, 0.5) is 11.5 Å². The second-order valence-corrected chi connectivity index (χ2v) is 7.75. The maximum atomic E-state index is 5.78. The second-order valence-electron chi connectivity index (χ2n) is 7.75. The number of pyridine rings is 2. The normalized spacial score (nSPS) is 18.0. The highest BCUT2D eigenvalue weighted by molar-refractivity contribution is 5.54. The molecule has 2 aliphatic heterocycles. The maximum Gasteiger partial charge on any atom is 0.165 e. The van der Waals surface area contributed by atoms with E-state index in [1.165, 1.54) is 0 Å². The Hall–Kier alpha value is -3.32. The SMILES string of the molecule is COc1cc2c(cc1CN1CCC[C@H]1c1ccc(Nc3ccccn3)cn1)OCCO2. The summed E-state index contributed by atoms with van der Waals surface area (Å²) in [7, 11) is 1.70. The number of hydrogen-bond acceptors (Lipinski definition) is 7. The lowest BCUT2D eigenvalue weighted by Gasteiger charge is -2.26. The minimum Gasteiger partial charge on any atom is -0.496 e. The molecule has 1 aromatic carbocycles. The fourth-order valence-corrected chi connectivity index (χ4v) is 4.26. The van der Waals surface area contributed by atoms with Gasteiger partial charge in [0.15, 0.2) is 11.5 Å². The van der Waals surface area contributed by atoms with Gasteiger partial charge in [0.25, 0.3) is 0 Å². The van der Waals surface area contributed by atoms with Crippen molar-refractivity contribution in [1.29, 1.82) is 0 Å². The summed E-state index contributed by atoms with van der Waals surface area (Å²) < 4.78 is 17.1. The van der Waals surface area contributed by atoms with Crippen molar-refractivity contribution in [3.63, 3.8) is 0 Å². The van der Waals surface area contributed by atoms with Gasteiger partial charge in [-0.3, -0.25) is 9.88 Å². The largest absolute Gasteiger partial charge is 0.496 e. The third kappa shape index (κ3) is 4.27. The van der Waals surface area contributed by atoms with Gasteiger partial charge in [0.2, 0.25) is 0 Å². The van der Waals surface area contributed by atoms with Crippen molar-refractivity contribution in [3.05, 3.63) is 66.1 Å². The number of fused-ring (bicyclic) bond motifs is 1. The molecule has 1 saturated heterocycles. The number of nitrogens with one attached hydrogen (secondary N) is 1. The van der Waals surface area contributed by atoms with Crippen LogP contribution in [0.25, 0.3) is 0 Å². The van der Waals surface area contributed by atoms with Crippen LogP contribution in [0, 0.1) is 0 Å². The van der Waals surface area contributed by atoms with E-state index in [-0.39, 0.29) is 6.04 Å². The highest BCUT2D eigenvalue weighted by Gasteiger charge is 2.28. The van der Waals surface area contributed by atoms with Crippen LogP contribution >= 0.6 is 0 Å². The number of likely N-dealkylation sites (tertiary alicyclic amines) is 1. The van der Waals surface area contributed by atoms with E-state index in [4.69, 9.17) is 19.2 Å². The molecule has 0 aliphatic carbocycles. The van der Waals surface area contributed by atoms with Gasteiger partial charge in [0, 0.05) is 24.4 Å². The molecule has 0 amide bonds. The Morgan fingerprint density at radius 1 is 1.10 bits per heavy atom. The van der Waals surface area contributed by atoms with Crippen molar-refractivity contribution >= 4 is 11.5 Å². The number of aromatic nitrogens is 2. The molecular weight excluding hydrogens is 392 g/mol. The molecule has 160 valence electrons. The maximum absolute atomic E-state index is 5.78. The van der Waals surface area contributed by atoms with Crippen LogP contribution in [-0.4, -0.2) is 41.7 Å². The van der Waals surface area contributed by atoms with E-state index in [0.29, 0.717) is 13.2 Å². The Bertz CT molecular complexity index is 1030. The van der Waals surface area contributed by atoms with Gasteiger partial charge in [-0.05, 0) is 49.7 Å². The number of methoxy groups -OCH3 is 1. The molecule has 5 rings (SSSR count). The molecule has 7 heteroatoms. The summed E-state index contributed by atoms with van der Waals surface area (Å²) in [5.74, 6) is 3.19. The number of rotatable bonds is 6. The van der Waals surface area contributed by atoms with Crippen LogP contribution in [0.2, 0.25) is 0 Å². The smallest absolute Gasteiger partial charge is 0.165 e. The lowest BCUT2D eigenvalue weighted by molar-refractivity contribution is 0.169. The first kappa shape index (κ1) is 19.6. The molecule has 0 bridgehead atoms. The minimum absolute atomic E-state index is 0.279. The molecule has 0 radical (unpaired) electrons. The number of nitrogens with zero attached hydrogens (tertiary/aromatic N) is 3.